The van der Waals surface area contributed by atoms with Crippen LogP contribution in [0.5, 0.6) is 5.75 Å². The molecular formula is C32H44ClN3O3S. The monoisotopic (exact) mass is 585 g/mol. The predicted molar refractivity (Wildman–Crippen MR) is 161 cm³/mol. The largest absolute Gasteiger partial charge is 0.497 e. The van der Waals surface area contributed by atoms with Gasteiger partial charge in [0.25, 0.3) is 0 Å². The number of sulfonamides is 1. The molecule has 8 heteroatoms. The summed E-state index contributed by atoms with van der Waals surface area (Å²) in [7, 11) is 0.546. The van der Waals surface area contributed by atoms with E-state index in [1.807, 2.05) is 4.31 Å². The number of hydrogen-bond donors (Lipinski definition) is 0. The van der Waals surface area contributed by atoms with E-state index in [2.05, 4.69) is 42.0 Å². The van der Waals surface area contributed by atoms with Gasteiger partial charge in [0.2, 0.25) is 10.0 Å². The lowest BCUT2D eigenvalue weighted by Crippen LogP contribution is -2.52. The molecule has 2 saturated heterocycles. The molecule has 3 atom stereocenters. The molecule has 4 aliphatic rings. The van der Waals surface area contributed by atoms with Gasteiger partial charge in [0, 0.05) is 28.6 Å². The SMILES string of the molecule is COc1ccc2c(c1)[C@]1(CCN3CCC(N(C4CC4)S(=O)(=O)c4ccc(Cl)cc4)CC3)CCCN(C)[C@H](C2)[C@@H]1C. The second kappa shape index (κ2) is 11.2. The summed E-state index contributed by atoms with van der Waals surface area (Å²) >= 11 is 6.04. The van der Waals surface area contributed by atoms with Crippen molar-refractivity contribution in [2.24, 2.45) is 5.92 Å². The van der Waals surface area contributed by atoms with Gasteiger partial charge < -0.3 is 14.5 Å². The van der Waals surface area contributed by atoms with Crippen LogP contribution >= 0.6 is 11.6 Å². The molecule has 2 heterocycles. The number of benzene rings is 2. The molecule has 0 amide bonds. The Balaban J connectivity index is 1.17. The molecule has 0 unspecified atom stereocenters. The number of fused-ring (bicyclic) bond motifs is 4. The first kappa shape index (κ1) is 28.5. The molecular weight excluding hydrogens is 542 g/mol. The number of nitrogens with zero attached hydrogens (tertiary/aromatic N) is 3. The lowest BCUT2D eigenvalue weighted by Gasteiger charge is -2.49. The molecule has 2 aromatic rings. The van der Waals surface area contributed by atoms with Crippen molar-refractivity contribution in [2.75, 3.05) is 40.3 Å². The molecule has 2 aliphatic heterocycles. The number of likely N-dealkylation sites (tertiary alicyclic amines) is 2. The molecule has 0 radical (unpaired) electrons. The van der Waals surface area contributed by atoms with Crippen molar-refractivity contribution in [3.05, 3.63) is 58.6 Å². The van der Waals surface area contributed by atoms with Gasteiger partial charge in [-0.3, -0.25) is 0 Å². The van der Waals surface area contributed by atoms with Crippen molar-refractivity contribution in [3.63, 3.8) is 0 Å². The van der Waals surface area contributed by atoms with E-state index in [0.717, 1.165) is 70.5 Å². The van der Waals surface area contributed by atoms with Gasteiger partial charge in [0.05, 0.1) is 12.0 Å². The van der Waals surface area contributed by atoms with Gasteiger partial charge in [-0.05, 0) is 138 Å². The maximum atomic E-state index is 13.7. The summed E-state index contributed by atoms with van der Waals surface area (Å²) in [6.45, 7) is 6.59. The zero-order valence-electron chi connectivity index (χ0n) is 24.2. The Morgan fingerprint density at radius 2 is 1.73 bits per heavy atom. The molecule has 0 N–H and O–H groups in total. The number of piperidine rings is 1. The maximum Gasteiger partial charge on any atom is 0.243 e. The Morgan fingerprint density at radius 1 is 1.02 bits per heavy atom. The van der Waals surface area contributed by atoms with Crippen LogP contribution in [0.15, 0.2) is 47.4 Å². The highest BCUT2D eigenvalue weighted by Gasteiger charge is 2.49. The number of hydrogen-bond acceptors (Lipinski definition) is 5. The van der Waals surface area contributed by atoms with Crippen LogP contribution in [0.2, 0.25) is 5.02 Å². The lowest BCUT2D eigenvalue weighted by molar-refractivity contribution is 0.102. The van der Waals surface area contributed by atoms with Gasteiger partial charge in [0.15, 0.2) is 0 Å². The number of rotatable bonds is 8. The lowest BCUT2D eigenvalue weighted by atomic mass is 9.59. The summed E-state index contributed by atoms with van der Waals surface area (Å²) in [5, 5.41) is 0.560. The Morgan fingerprint density at radius 3 is 2.40 bits per heavy atom. The minimum absolute atomic E-state index is 0.0668. The molecule has 0 aromatic heterocycles. The Labute approximate surface area is 245 Å². The third-order valence-electron chi connectivity index (χ3n) is 10.5. The van der Waals surface area contributed by atoms with E-state index in [4.69, 9.17) is 16.3 Å². The van der Waals surface area contributed by atoms with Crippen LogP contribution in [-0.4, -0.2) is 81.0 Å². The summed E-state index contributed by atoms with van der Waals surface area (Å²) in [4.78, 5) is 5.55. The van der Waals surface area contributed by atoms with E-state index < -0.39 is 10.0 Å². The van der Waals surface area contributed by atoms with Crippen molar-refractivity contribution in [3.8, 4) is 5.75 Å². The standard InChI is InChI=1S/C32H44ClN3O3S/c1-23-31-21-24-5-10-28(39-3)22-30(24)32(23,15-4-17-34(31)2)16-20-35-18-13-27(14-19-35)36(26-8-9-26)40(37,38)29-11-6-25(33)7-12-29/h5-7,10-12,22-23,26-27,31H,4,8-9,13-21H2,1-3H3/t23-,31+,32-/m0/s1. The Bertz CT molecular complexity index is 1310. The molecule has 40 heavy (non-hydrogen) atoms. The van der Waals surface area contributed by atoms with Crippen molar-refractivity contribution in [1.82, 2.24) is 14.1 Å². The third-order valence-corrected chi connectivity index (χ3v) is 12.8. The topological polar surface area (TPSA) is 53.1 Å². The first-order valence-corrected chi connectivity index (χ1v) is 16.9. The molecule has 0 spiro atoms. The van der Waals surface area contributed by atoms with Crippen LogP contribution in [0.25, 0.3) is 0 Å². The average molecular weight is 586 g/mol. The highest BCUT2D eigenvalue weighted by atomic mass is 35.5. The first-order chi connectivity index (χ1) is 19.2. The van der Waals surface area contributed by atoms with E-state index in [9.17, 15) is 8.42 Å². The van der Waals surface area contributed by atoms with Crippen molar-refractivity contribution < 1.29 is 13.2 Å². The zero-order chi connectivity index (χ0) is 28.1. The van der Waals surface area contributed by atoms with Crippen LogP contribution in [0.1, 0.15) is 63.0 Å². The highest BCUT2D eigenvalue weighted by molar-refractivity contribution is 7.89. The second-order valence-corrected chi connectivity index (χ2v) is 14.9. The minimum atomic E-state index is -3.53. The van der Waals surface area contributed by atoms with Gasteiger partial charge in [-0.25, -0.2) is 8.42 Å². The highest BCUT2D eigenvalue weighted by Crippen LogP contribution is 2.51. The van der Waals surface area contributed by atoms with Crippen molar-refractivity contribution >= 4 is 21.6 Å². The van der Waals surface area contributed by atoms with Crippen LogP contribution < -0.4 is 4.74 Å². The van der Waals surface area contributed by atoms with Gasteiger partial charge >= 0.3 is 0 Å². The van der Waals surface area contributed by atoms with E-state index >= 15 is 0 Å². The fourth-order valence-electron chi connectivity index (χ4n) is 8.04. The van der Waals surface area contributed by atoms with Gasteiger partial charge in [0.1, 0.15) is 5.75 Å². The van der Waals surface area contributed by atoms with E-state index in [1.165, 1.54) is 24.0 Å². The minimum Gasteiger partial charge on any atom is -0.497 e. The molecule has 2 bridgehead atoms. The van der Waals surface area contributed by atoms with Crippen LogP contribution in [-0.2, 0) is 21.9 Å². The summed E-state index contributed by atoms with van der Waals surface area (Å²) in [5.41, 5.74) is 3.14. The molecule has 1 saturated carbocycles. The Hall–Kier alpha value is -1.64. The fraction of sp³-hybridized carbons (Fsp3) is 0.625. The summed E-state index contributed by atoms with van der Waals surface area (Å²) < 4.78 is 34.9. The normalized spacial score (nSPS) is 28.3. The third kappa shape index (κ3) is 5.22. The quantitative estimate of drug-likeness (QED) is 0.405. The first-order valence-electron chi connectivity index (χ1n) is 15.1. The van der Waals surface area contributed by atoms with Crippen LogP contribution in [0.4, 0.5) is 0 Å². The fourth-order valence-corrected chi connectivity index (χ4v) is 10.1. The number of likely N-dealkylation sites (N-methyl/N-ethyl adjacent to an activating group) is 1. The Kier molecular flexibility index (Phi) is 7.99. The number of halogens is 1. The molecule has 6 rings (SSSR count). The molecule has 6 nitrogen and oxygen atoms in total. The summed E-state index contributed by atoms with van der Waals surface area (Å²) in [6.07, 6.45) is 8.39. The zero-order valence-corrected chi connectivity index (χ0v) is 25.8. The van der Waals surface area contributed by atoms with Crippen molar-refractivity contribution in [2.45, 2.75) is 86.7 Å². The van der Waals surface area contributed by atoms with Gasteiger partial charge in [-0.2, -0.15) is 4.31 Å². The molecule has 2 aliphatic carbocycles. The summed E-state index contributed by atoms with van der Waals surface area (Å²) in [5.74, 6) is 1.54. The summed E-state index contributed by atoms with van der Waals surface area (Å²) in [6, 6.07) is 14.2. The van der Waals surface area contributed by atoms with Gasteiger partial charge in [-0.15, -0.1) is 0 Å². The molecule has 218 valence electrons. The van der Waals surface area contributed by atoms with E-state index in [-0.39, 0.29) is 17.5 Å². The number of ether oxygens (including phenoxy) is 1. The van der Waals surface area contributed by atoms with E-state index in [0.29, 0.717) is 21.9 Å². The maximum absolute atomic E-state index is 13.7. The van der Waals surface area contributed by atoms with Gasteiger partial charge in [-0.1, -0.05) is 24.6 Å². The smallest absolute Gasteiger partial charge is 0.243 e. The predicted octanol–water partition coefficient (Wildman–Crippen LogP) is 5.58. The second-order valence-electron chi connectivity index (χ2n) is 12.7. The molecule has 3 fully saturated rings. The van der Waals surface area contributed by atoms with Crippen molar-refractivity contribution in [1.29, 1.82) is 0 Å². The van der Waals surface area contributed by atoms with Crippen LogP contribution in [0, 0.1) is 5.92 Å². The average Bonchev–Trinajstić information content (AvgIpc) is 3.79. The number of methoxy groups -OCH3 is 1. The van der Waals surface area contributed by atoms with Crippen LogP contribution in [0.3, 0.4) is 0 Å². The van der Waals surface area contributed by atoms with E-state index in [1.54, 1.807) is 31.4 Å². The molecule has 2 aromatic carbocycles.